The van der Waals surface area contributed by atoms with Crippen molar-refractivity contribution in [2.24, 2.45) is 0 Å². The molecule has 2 heterocycles. The second kappa shape index (κ2) is 6.34. The molecule has 0 spiro atoms. The summed E-state index contributed by atoms with van der Waals surface area (Å²) < 4.78 is 27.9. The summed E-state index contributed by atoms with van der Waals surface area (Å²) in [6.07, 6.45) is 3.75. The Morgan fingerprint density at radius 1 is 1.38 bits per heavy atom. The normalized spacial score (nSPS) is 11.8. The highest BCUT2D eigenvalue weighted by Gasteiger charge is 2.16. The van der Waals surface area contributed by atoms with E-state index < -0.39 is 10.0 Å². The van der Waals surface area contributed by atoms with Gasteiger partial charge in [-0.2, -0.15) is 0 Å². The minimum atomic E-state index is -3.59. The Kier molecular flexibility index (Phi) is 4.39. The summed E-state index contributed by atoms with van der Waals surface area (Å²) in [5.74, 6) is -0.336. The number of nitrogens with zero attached hydrogens (tertiary/aromatic N) is 2. The molecular formula is C15H16N4O3S2. The van der Waals surface area contributed by atoms with Gasteiger partial charge in [-0.1, -0.05) is 6.07 Å². The summed E-state index contributed by atoms with van der Waals surface area (Å²) in [5, 5.41) is 4.71. The van der Waals surface area contributed by atoms with Gasteiger partial charge in [0, 0.05) is 23.3 Å². The zero-order valence-corrected chi connectivity index (χ0v) is 14.7. The van der Waals surface area contributed by atoms with Crippen LogP contribution in [0.4, 0.5) is 0 Å². The fraction of sp³-hybridized carbons (Fsp3) is 0.200. The molecule has 0 atom stereocenters. The summed E-state index contributed by atoms with van der Waals surface area (Å²) in [6.45, 7) is 2.03. The van der Waals surface area contributed by atoms with E-state index in [0.29, 0.717) is 11.1 Å². The summed E-state index contributed by atoms with van der Waals surface area (Å²) in [6, 6.07) is 4.47. The van der Waals surface area contributed by atoms with Crippen LogP contribution in [0, 0.1) is 6.92 Å². The first-order valence-electron chi connectivity index (χ1n) is 7.14. The van der Waals surface area contributed by atoms with E-state index in [1.807, 2.05) is 22.2 Å². The molecule has 24 heavy (non-hydrogen) atoms. The van der Waals surface area contributed by atoms with Crippen LogP contribution in [0.2, 0.25) is 0 Å². The number of hydrogen-bond donors (Lipinski definition) is 2. The van der Waals surface area contributed by atoms with Gasteiger partial charge in [0.15, 0.2) is 4.96 Å². The number of carbonyl (C=O) groups is 1. The Morgan fingerprint density at radius 2 is 2.17 bits per heavy atom. The zero-order valence-electron chi connectivity index (χ0n) is 13.1. The topological polar surface area (TPSA) is 92.6 Å². The molecule has 1 aromatic carbocycles. The maximum atomic E-state index is 12.4. The molecule has 0 bridgehead atoms. The van der Waals surface area contributed by atoms with Crippen LogP contribution in [-0.2, 0) is 16.6 Å². The largest absolute Gasteiger partial charge is 0.346 e. The summed E-state index contributed by atoms with van der Waals surface area (Å²) in [4.78, 5) is 17.7. The molecule has 0 unspecified atom stereocenters. The first kappa shape index (κ1) is 16.6. The third kappa shape index (κ3) is 3.18. The second-order valence-electron chi connectivity index (χ2n) is 5.19. The van der Waals surface area contributed by atoms with E-state index in [0.717, 1.165) is 10.7 Å². The van der Waals surface area contributed by atoms with Crippen molar-refractivity contribution in [2.75, 3.05) is 7.05 Å². The number of rotatable bonds is 5. The fourth-order valence-corrected chi connectivity index (χ4v) is 3.73. The third-order valence-corrected chi connectivity index (χ3v) is 5.79. The Hall–Kier alpha value is -2.23. The molecule has 7 nitrogen and oxygen atoms in total. The number of sulfonamides is 1. The zero-order chi connectivity index (χ0) is 17.3. The lowest BCUT2D eigenvalue weighted by atomic mass is 10.1. The molecule has 0 fully saturated rings. The molecule has 2 aromatic heterocycles. The van der Waals surface area contributed by atoms with Gasteiger partial charge in [0.05, 0.1) is 17.1 Å². The summed E-state index contributed by atoms with van der Waals surface area (Å²) >= 11 is 1.51. The lowest BCUT2D eigenvalue weighted by Gasteiger charge is -2.09. The van der Waals surface area contributed by atoms with E-state index in [2.05, 4.69) is 15.0 Å². The van der Waals surface area contributed by atoms with Crippen LogP contribution in [0.25, 0.3) is 4.96 Å². The second-order valence-corrected chi connectivity index (χ2v) is 7.95. The highest BCUT2D eigenvalue weighted by molar-refractivity contribution is 7.89. The minimum absolute atomic E-state index is 0.0586. The number of benzene rings is 1. The molecule has 0 radical (unpaired) electrons. The Morgan fingerprint density at radius 3 is 2.88 bits per heavy atom. The van der Waals surface area contributed by atoms with Gasteiger partial charge < -0.3 is 5.32 Å². The average Bonchev–Trinajstić information content (AvgIpc) is 3.14. The number of amides is 1. The van der Waals surface area contributed by atoms with Crippen molar-refractivity contribution in [3.8, 4) is 0 Å². The molecule has 126 valence electrons. The van der Waals surface area contributed by atoms with Gasteiger partial charge in [0.2, 0.25) is 10.0 Å². The third-order valence-electron chi connectivity index (χ3n) is 3.61. The molecule has 0 saturated carbocycles. The first-order valence-corrected chi connectivity index (χ1v) is 9.50. The van der Waals surface area contributed by atoms with Crippen molar-refractivity contribution in [2.45, 2.75) is 18.4 Å². The van der Waals surface area contributed by atoms with E-state index in [9.17, 15) is 13.2 Å². The molecule has 3 rings (SSSR count). The molecular weight excluding hydrogens is 348 g/mol. The summed E-state index contributed by atoms with van der Waals surface area (Å²) in [5.41, 5.74) is 1.77. The Balaban J connectivity index is 1.79. The van der Waals surface area contributed by atoms with Gasteiger partial charge in [-0.3, -0.25) is 9.20 Å². The van der Waals surface area contributed by atoms with Crippen LogP contribution in [0.15, 0.2) is 40.9 Å². The van der Waals surface area contributed by atoms with Crippen molar-refractivity contribution in [1.82, 2.24) is 19.4 Å². The van der Waals surface area contributed by atoms with Crippen molar-refractivity contribution < 1.29 is 13.2 Å². The highest BCUT2D eigenvalue weighted by Crippen LogP contribution is 2.16. The molecule has 0 aliphatic rings. The van der Waals surface area contributed by atoms with E-state index in [4.69, 9.17) is 0 Å². The van der Waals surface area contributed by atoms with E-state index in [-0.39, 0.29) is 17.3 Å². The van der Waals surface area contributed by atoms with Crippen LogP contribution in [0.3, 0.4) is 0 Å². The number of imidazole rings is 1. The van der Waals surface area contributed by atoms with Crippen LogP contribution < -0.4 is 10.0 Å². The predicted molar refractivity (Wildman–Crippen MR) is 91.7 cm³/mol. The first-order chi connectivity index (χ1) is 11.4. The van der Waals surface area contributed by atoms with E-state index >= 15 is 0 Å². The lowest BCUT2D eigenvalue weighted by Crippen LogP contribution is -2.25. The van der Waals surface area contributed by atoms with Gasteiger partial charge >= 0.3 is 0 Å². The number of carbonyl (C=O) groups excluding carboxylic acids is 1. The maximum absolute atomic E-state index is 12.4. The highest BCUT2D eigenvalue weighted by atomic mass is 32.2. The van der Waals surface area contributed by atoms with Crippen molar-refractivity contribution in [3.63, 3.8) is 0 Å². The Labute approximate surface area is 143 Å². The average molecular weight is 364 g/mol. The number of fused-ring (bicyclic) bond motifs is 1. The number of aryl methyl sites for hydroxylation is 1. The minimum Gasteiger partial charge on any atom is -0.346 e. The predicted octanol–water partition coefficient (Wildman–Crippen LogP) is 1.54. The SMILES string of the molecule is CNS(=O)(=O)c1ccc(C)c(C(=O)NCc2cn3ccsc3n2)c1. The Bertz CT molecular complexity index is 976. The van der Waals surface area contributed by atoms with Gasteiger partial charge in [0.1, 0.15) is 0 Å². The van der Waals surface area contributed by atoms with Gasteiger partial charge in [-0.05, 0) is 31.7 Å². The fourth-order valence-electron chi connectivity index (χ4n) is 2.26. The number of aromatic nitrogens is 2. The van der Waals surface area contributed by atoms with Gasteiger partial charge in [-0.25, -0.2) is 18.1 Å². The van der Waals surface area contributed by atoms with Gasteiger partial charge in [0.25, 0.3) is 5.91 Å². The molecule has 2 N–H and O–H groups in total. The molecule has 0 saturated heterocycles. The van der Waals surface area contributed by atoms with Crippen molar-refractivity contribution >= 4 is 32.2 Å². The molecule has 1 amide bonds. The number of thiazole rings is 1. The molecule has 0 aliphatic carbocycles. The van der Waals surface area contributed by atoms with Crippen molar-refractivity contribution in [1.29, 1.82) is 0 Å². The maximum Gasteiger partial charge on any atom is 0.251 e. The molecule has 9 heteroatoms. The summed E-state index contributed by atoms with van der Waals surface area (Å²) in [7, 11) is -2.26. The van der Waals surface area contributed by atoms with Crippen LogP contribution in [-0.4, -0.2) is 30.8 Å². The molecule has 0 aliphatic heterocycles. The quantitative estimate of drug-likeness (QED) is 0.718. The molecule has 3 aromatic rings. The standard InChI is InChI=1S/C15H16N4O3S2/c1-10-3-4-12(24(21,22)16-2)7-13(10)14(20)17-8-11-9-19-5-6-23-15(19)18-11/h3-7,9,16H,8H2,1-2H3,(H,17,20). The van der Waals surface area contributed by atoms with Crippen LogP contribution in [0.5, 0.6) is 0 Å². The van der Waals surface area contributed by atoms with Crippen molar-refractivity contribution in [3.05, 3.63) is 52.8 Å². The number of hydrogen-bond acceptors (Lipinski definition) is 5. The van der Waals surface area contributed by atoms with E-state index in [1.165, 1.54) is 30.5 Å². The lowest BCUT2D eigenvalue weighted by molar-refractivity contribution is 0.0949. The van der Waals surface area contributed by atoms with Gasteiger partial charge in [-0.15, -0.1) is 11.3 Å². The van der Waals surface area contributed by atoms with E-state index in [1.54, 1.807) is 13.0 Å². The van der Waals surface area contributed by atoms with Crippen LogP contribution >= 0.6 is 11.3 Å². The smallest absolute Gasteiger partial charge is 0.251 e. The number of nitrogens with one attached hydrogen (secondary N) is 2. The van der Waals surface area contributed by atoms with Crippen LogP contribution in [0.1, 0.15) is 21.6 Å². The monoisotopic (exact) mass is 364 g/mol.